The Labute approximate surface area is 246 Å². The number of carboxylic acid groups (broad SMARTS) is 2. The van der Waals surface area contributed by atoms with Gasteiger partial charge in [-0.05, 0) is 55.5 Å². The average molecular weight is 617 g/mol. The van der Waals surface area contributed by atoms with Crippen LogP contribution >= 0.6 is 46.3 Å². The van der Waals surface area contributed by atoms with Gasteiger partial charge in [0.15, 0.2) is 5.13 Å². The molecule has 2 amide bonds. The van der Waals surface area contributed by atoms with Crippen molar-refractivity contribution in [3.05, 3.63) is 92.8 Å². The van der Waals surface area contributed by atoms with E-state index >= 15 is 0 Å². The van der Waals surface area contributed by atoms with Crippen LogP contribution in [0.3, 0.4) is 0 Å². The molecule has 1 unspecified atom stereocenters. The van der Waals surface area contributed by atoms with Crippen LogP contribution in [0.2, 0.25) is 10.0 Å². The Kier molecular flexibility index (Phi) is 9.10. The van der Waals surface area contributed by atoms with Gasteiger partial charge in [-0.25, -0.2) is 14.6 Å². The molecule has 0 saturated carbocycles. The number of aromatic nitrogens is 1. The van der Waals surface area contributed by atoms with Gasteiger partial charge in [0.25, 0.3) is 5.91 Å². The Morgan fingerprint density at radius 1 is 0.900 bits per heavy atom. The first kappa shape index (κ1) is 29.1. The first-order valence-corrected chi connectivity index (χ1v) is 13.9. The Morgan fingerprint density at radius 2 is 1.68 bits per heavy atom. The summed E-state index contributed by atoms with van der Waals surface area (Å²) < 4.78 is 0. The predicted molar refractivity (Wildman–Crippen MR) is 156 cm³/mol. The van der Waals surface area contributed by atoms with Crippen molar-refractivity contribution in [2.24, 2.45) is 0 Å². The van der Waals surface area contributed by atoms with Crippen LogP contribution in [0.15, 0.2) is 70.9 Å². The van der Waals surface area contributed by atoms with Crippen LogP contribution in [-0.4, -0.2) is 44.2 Å². The van der Waals surface area contributed by atoms with E-state index in [9.17, 15) is 24.3 Å². The molecule has 9 nitrogen and oxygen atoms in total. The van der Waals surface area contributed by atoms with Gasteiger partial charge in [-0.15, -0.1) is 23.1 Å². The highest BCUT2D eigenvalue weighted by molar-refractivity contribution is 8.00. The van der Waals surface area contributed by atoms with E-state index in [0.29, 0.717) is 31.5 Å². The summed E-state index contributed by atoms with van der Waals surface area (Å²) in [4.78, 5) is 53.5. The van der Waals surface area contributed by atoms with Gasteiger partial charge >= 0.3 is 11.9 Å². The molecule has 1 atom stereocenters. The lowest BCUT2D eigenvalue weighted by molar-refractivity contribution is -0.115. The third-order valence-electron chi connectivity index (χ3n) is 5.47. The number of nitrogens with one attached hydrogen (secondary N) is 2. The van der Waals surface area contributed by atoms with E-state index in [1.165, 1.54) is 23.1 Å². The summed E-state index contributed by atoms with van der Waals surface area (Å²) in [5.41, 5.74) is 0.909. The molecule has 0 fully saturated rings. The van der Waals surface area contributed by atoms with Crippen molar-refractivity contribution >= 4 is 80.9 Å². The normalized spacial score (nSPS) is 11.5. The highest BCUT2D eigenvalue weighted by atomic mass is 35.5. The molecule has 0 spiro atoms. The Morgan fingerprint density at radius 3 is 2.38 bits per heavy atom. The van der Waals surface area contributed by atoms with Crippen LogP contribution in [0, 0.1) is 0 Å². The van der Waals surface area contributed by atoms with Crippen molar-refractivity contribution in [3.8, 4) is 11.3 Å². The molecular weight excluding hydrogens is 597 g/mol. The van der Waals surface area contributed by atoms with E-state index in [2.05, 4.69) is 15.6 Å². The van der Waals surface area contributed by atoms with E-state index in [0.717, 1.165) is 23.8 Å². The lowest BCUT2D eigenvalue weighted by Crippen LogP contribution is -2.22. The molecule has 0 radical (unpaired) electrons. The van der Waals surface area contributed by atoms with Gasteiger partial charge in [-0.3, -0.25) is 9.59 Å². The van der Waals surface area contributed by atoms with E-state index in [1.807, 2.05) is 0 Å². The van der Waals surface area contributed by atoms with Gasteiger partial charge in [0.1, 0.15) is 0 Å². The molecule has 0 saturated heterocycles. The molecule has 4 N–H and O–H groups in total. The average Bonchev–Trinajstić information content (AvgIpc) is 3.38. The number of hydrogen-bond donors (Lipinski definition) is 4. The number of carbonyl (C=O) groups is 4. The van der Waals surface area contributed by atoms with Gasteiger partial charge < -0.3 is 20.8 Å². The molecule has 3 aromatic carbocycles. The Hall–Kier alpha value is -3.90. The van der Waals surface area contributed by atoms with Crippen molar-refractivity contribution in [1.82, 2.24) is 4.98 Å². The fourth-order valence-corrected chi connectivity index (χ4v) is 5.43. The van der Waals surface area contributed by atoms with E-state index in [4.69, 9.17) is 28.3 Å². The van der Waals surface area contributed by atoms with Gasteiger partial charge in [0, 0.05) is 21.5 Å². The second-order valence-electron chi connectivity index (χ2n) is 8.27. The van der Waals surface area contributed by atoms with Gasteiger partial charge in [0.2, 0.25) is 5.91 Å². The monoisotopic (exact) mass is 615 g/mol. The van der Waals surface area contributed by atoms with E-state index in [-0.39, 0.29) is 17.0 Å². The van der Waals surface area contributed by atoms with Gasteiger partial charge in [-0.2, -0.15) is 0 Å². The zero-order valence-electron chi connectivity index (χ0n) is 20.5. The molecule has 0 bridgehead atoms. The second-order valence-corrected chi connectivity index (χ2v) is 11.4. The van der Waals surface area contributed by atoms with Crippen LogP contribution in [-0.2, 0) is 4.79 Å². The zero-order valence-corrected chi connectivity index (χ0v) is 23.6. The van der Waals surface area contributed by atoms with Crippen molar-refractivity contribution in [2.45, 2.75) is 17.1 Å². The maximum Gasteiger partial charge on any atom is 0.336 e. The molecule has 1 aromatic heterocycles. The van der Waals surface area contributed by atoms with Crippen molar-refractivity contribution < 1.29 is 29.4 Å². The lowest BCUT2D eigenvalue weighted by Gasteiger charge is -2.12. The fourth-order valence-electron chi connectivity index (χ4n) is 3.48. The fraction of sp³-hybridized carbons (Fsp3) is 0.0741. The highest BCUT2D eigenvalue weighted by Gasteiger charge is 2.20. The SMILES string of the molecule is CC(Sc1cccc(NC(=O)c2ccc(C(=O)O)cc2C(=O)O)c1)C(=O)Nc1nc(-c2ccc(Cl)c(Cl)c2)cs1. The summed E-state index contributed by atoms with van der Waals surface area (Å²) in [5.74, 6) is -3.73. The summed E-state index contributed by atoms with van der Waals surface area (Å²) in [5, 5.41) is 26.5. The smallest absolute Gasteiger partial charge is 0.336 e. The Bertz CT molecular complexity index is 1640. The number of amides is 2. The molecule has 0 aliphatic heterocycles. The highest BCUT2D eigenvalue weighted by Crippen LogP contribution is 2.31. The van der Waals surface area contributed by atoms with E-state index in [1.54, 1.807) is 54.8 Å². The van der Waals surface area contributed by atoms with Crippen molar-refractivity contribution in [3.63, 3.8) is 0 Å². The van der Waals surface area contributed by atoms with Crippen LogP contribution in [0.25, 0.3) is 11.3 Å². The number of thiazole rings is 1. The van der Waals surface area contributed by atoms with Gasteiger partial charge in [0.05, 0.1) is 37.7 Å². The molecule has 4 rings (SSSR count). The minimum absolute atomic E-state index is 0.188. The molecule has 0 aliphatic carbocycles. The number of aromatic carboxylic acids is 2. The number of rotatable bonds is 9. The predicted octanol–water partition coefficient (Wildman–Crippen LogP) is 6.88. The largest absolute Gasteiger partial charge is 0.478 e. The first-order chi connectivity index (χ1) is 19.0. The maximum atomic E-state index is 12.8. The molecule has 0 aliphatic rings. The summed E-state index contributed by atoms with van der Waals surface area (Å²) in [6.45, 7) is 1.72. The Balaban J connectivity index is 1.41. The number of carbonyl (C=O) groups excluding carboxylic acids is 2. The molecule has 4 aromatic rings. The topological polar surface area (TPSA) is 146 Å². The summed E-state index contributed by atoms with van der Waals surface area (Å²) in [6.07, 6.45) is 0. The quantitative estimate of drug-likeness (QED) is 0.149. The molecule has 1 heterocycles. The molecular formula is C27H19Cl2N3O6S2. The van der Waals surface area contributed by atoms with Gasteiger partial charge in [-0.1, -0.05) is 35.3 Å². The third kappa shape index (κ3) is 6.99. The maximum absolute atomic E-state index is 12.8. The lowest BCUT2D eigenvalue weighted by atomic mass is 10.0. The minimum Gasteiger partial charge on any atom is -0.478 e. The van der Waals surface area contributed by atoms with Crippen LogP contribution < -0.4 is 10.6 Å². The standard InChI is InChI=1S/C27H19Cl2N3O6S2/c1-13(23(33)32-27-31-22(12-39-27)14-6-8-20(28)21(29)10-14)40-17-4-2-3-16(11-17)30-24(34)18-7-5-15(25(35)36)9-19(18)26(37)38/h2-13H,1H3,(H,30,34)(H,35,36)(H,37,38)(H,31,32,33). The summed E-state index contributed by atoms with van der Waals surface area (Å²) in [7, 11) is 0. The van der Waals surface area contributed by atoms with Crippen molar-refractivity contribution in [2.75, 3.05) is 10.6 Å². The third-order valence-corrected chi connectivity index (χ3v) is 8.06. The minimum atomic E-state index is -1.43. The zero-order chi connectivity index (χ0) is 29.0. The molecule has 13 heteroatoms. The summed E-state index contributed by atoms with van der Waals surface area (Å²) in [6, 6.07) is 15.1. The number of carboxylic acids is 2. The number of hydrogen-bond acceptors (Lipinski definition) is 7. The molecule has 204 valence electrons. The van der Waals surface area contributed by atoms with Crippen LogP contribution in [0.5, 0.6) is 0 Å². The second kappa shape index (κ2) is 12.5. The number of thioether (sulfide) groups is 1. The number of nitrogens with zero attached hydrogens (tertiary/aromatic N) is 1. The summed E-state index contributed by atoms with van der Waals surface area (Å²) >= 11 is 14.6. The van der Waals surface area contributed by atoms with Crippen LogP contribution in [0.1, 0.15) is 38.0 Å². The number of halogens is 2. The van der Waals surface area contributed by atoms with Crippen molar-refractivity contribution in [1.29, 1.82) is 0 Å². The van der Waals surface area contributed by atoms with Crippen LogP contribution in [0.4, 0.5) is 10.8 Å². The molecule has 40 heavy (non-hydrogen) atoms. The first-order valence-electron chi connectivity index (χ1n) is 11.4. The number of anilines is 2. The number of benzene rings is 3. The van der Waals surface area contributed by atoms with E-state index < -0.39 is 28.7 Å².